The van der Waals surface area contributed by atoms with Crippen molar-refractivity contribution in [3.8, 4) is 23.1 Å². The topological polar surface area (TPSA) is 67.0 Å². The number of hydrogen-bond acceptors (Lipinski definition) is 3. The molecule has 1 N–H and O–H groups in total. The van der Waals surface area contributed by atoms with Crippen molar-refractivity contribution >= 4 is 27.6 Å². The molecule has 0 aliphatic carbocycles. The fraction of sp³-hybridized carbons (Fsp3) is 0.250. The van der Waals surface area contributed by atoms with E-state index in [1.54, 1.807) is 0 Å². The molecule has 1 unspecified atom stereocenters. The highest BCUT2D eigenvalue weighted by Gasteiger charge is 2.17. The first-order chi connectivity index (χ1) is 12.6. The first-order valence-corrected chi connectivity index (χ1v) is 9.81. The monoisotopic (exact) mass is 367 g/mol. The van der Waals surface area contributed by atoms with E-state index in [0.717, 1.165) is 33.6 Å². The third kappa shape index (κ3) is 3.31. The lowest BCUT2D eigenvalue weighted by atomic mass is 10.1. The lowest BCUT2D eigenvalue weighted by Crippen LogP contribution is -2.05. The van der Waals surface area contributed by atoms with Crippen LogP contribution in [-0.4, -0.2) is 21.1 Å². The SMILES string of the molecule is CCOc1ccc2c(C#N)c(-c3ccc(NS(=O)CC)cc3)n(C)c2c1. The number of rotatable bonds is 6. The maximum Gasteiger partial charge on any atom is 0.121 e. The van der Waals surface area contributed by atoms with Gasteiger partial charge in [0.25, 0.3) is 0 Å². The lowest BCUT2D eigenvalue weighted by molar-refractivity contribution is 0.340. The molecule has 3 aromatic rings. The Kier molecular flexibility index (Phi) is 5.29. The molecular weight excluding hydrogens is 346 g/mol. The zero-order valence-corrected chi connectivity index (χ0v) is 15.9. The van der Waals surface area contributed by atoms with Crippen LogP contribution in [0.25, 0.3) is 22.2 Å². The molecule has 5 nitrogen and oxygen atoms in total. The molecule has 1 aromatic heterocycles. The molecule has 0 spiro atoms. The minimum Gasteiger partial charge on any atom is -0.494 e. The van der Waals surface area contributed by atoms with Gasteiger partial charge in [-0.3, -0.25) is 0 Å². The number of aryl methyl sites for hydroxylation is 1. The van der Waals surface area contributed by atoms with E-state index in [2.05, 4.69) is 10.8 Å². The minimum absolute atomic E-state index is 0.547. The van der Waals surface area contributed by atoms with Gasteiger partial charge < -0.3 is 14.0 Å². The Balaban J connectivity index is 2.08. The van der Waals surface area contributed by atoms with Crippen LogP contribution in [0.1, 0.15) is 19.4 Å². The van der Waals surface area contributed by atoms with Crippen molar-refractivity contribution in [1.82, 2.24) is 4.57 Å². The Morgan fingerprint density at radius 1 is 1.19 bits per heavy atom. The summed E-state index contributed by atoms with van der Waals surface area (Å²) >= 11 is 0. The van der Waals surface area contributed by atoms with E-state index in [0.29, 0.717) is 17.9 Å². The van der Waals surface area contributed by atoms with Crippen molar-refractivity contribution in [3.05, 3.63) is 48.0 Å². The van der Waals surface area contributed by atoms with Gasteiger partial charge in [-0.05, 0) is 36.8 Å². The first kappa shape index (κ1) is 18.0. The third-order valence-electron chi connectivity index (χ3n) is 4.25. The highest BCUT2D eigenvalue weighted by atomic mass is 32.2. The molecule has 1 atom stereocenters. The Hall–Kier alpha value is -2.78. The average Bonchev–Trinajstić information content (AvgIpc) is 2.94. The van der Waals surface area contributed by atoms with Crippen LogP contribution < -0.4 is 9.46 Å². The van der Waals surface area contributed by atoms with Gasteiger partial charge in [0.2, 0.25) is 0 Å². The van der Waals surface area contributed by atoms with E-state index in [4.69, 9.17) is 4.74 Å². The van der Waals surface area contributed by atoms with Crippen molar-refractivity contribution < 1.29 is 8.95 Å². The number of benzene rings is 2. The van der Waals surface area contributed by atoms with Gasteiger partial charge in [0, 0.05) is 29.9 Å². The average molecular weight is 367 g/mol. The van der Waals surface area contributed by atoms with Gasteiger partial charge in [0.1, 0.15) is 22.8 Å². The summed E-state index contributed by atoms with van der Waals surface area (Å²) in [5.74, 6) is 1.34. The van der Waals surface area contributed by atoms with Crippen LogP contribution in [-0.2, 0) is 18.0 Å². The smallest absolute Gasteiger partial charge is 0.121 e. The lowest BCUT2D eigenvalue weighted by Gasteiger charge is -2.08. The number of fused-ring (bicyclic) bond motifs is 1. The zero-order valence-electron chi connectivity index (χ0n) is 15.1. The number of ether oxygens (including phenoxy) is 1. The number of nitrogens with one attached hydrogen (secondary N) is 1. The molecule has 3 rings (SSSR count). The van der Waals surface area contributed by atoms with E-state index < -0.39 is 11.0 Å². The van der Waals surface area contributed by atoms with Crippen LogP contribution in [0, 0.1) is 11.3 Å². The summed E-state index contributed by atoms with van der Waals surface area (Å²) in [5.41, 5.74) is 4.19. The van der Waals surface area contributed by atoms with Gasteiger partial charge in [-0.1, -0.05) is 19.1 Å². The molecule has 134 valence electrons. The number of nitrogens with zero attached hydrogens (tertiary/aromatic N) is 2. The minimum atomic E-state index is -1.08. The van der Waals surface area contributed by atoms with Gasteiger partial charge in [0.05, 0.1) is 23.4 Å². The van der Waals surface area contributed by atoms with E-state index in [-0.39, 0.29) is 0 Å². The predicted octanol–water partition coefficient (Wildman–Crippen LogP) is 4.21. The Morgan fingerprint density at radius 2 is 1.92 bits per heavy atom. The summed E-state index contributed by atoms with van der Waals surface area (Å²) < 4.78 is 22.2. The van der Waals surface area contributed by atoms with Crippen molar-refractivity contribution in [2.75, 3.05) is 17.1 Å². The second-order valence-electron chi connectivity index (χ2n) is 5.82. The van der Waals surface area contributed by atoms with E-state index in [1.165, 1.54) is 0 Å². The molecule has 2 aromatic carbocycles. The summed E-state index contributed by atoms with van der Waals surface area (Å²) in [5, 5.41) is 10.6. The van der Waals surface area contributed by atoms with Crippen molar-refractivity contribution in [2.24, 2.45) is 7.05 Å². The van der Waals surface area contributed by atoms with E-state index in [1.807, 2.05) is 67.9 Å². The number of hydrogen-bond donors (Lipinski definition) is 1. The Bertz CT molecular complexity index is 1000. The maximum absolute atomic E-state index is 11.6. The largest absolute Gasteiger partial charge is 0.494 e. The van der Waals surface area contributed by atoms with Crippen LogP contribution in [0.5, 0.6) is 5.75 Å². The molecule has 6 heteroatoms. The quantitative estimate of drug-likeness (QED) is 0.709. The van der Waals surface area contributed by atoms with Crippen molar-refractivity contribution in [2.45, 2.75) is 13.8 Å². The number of nitriles is 1. The molecule has 0 saturated heterocycles. The van der Waals surface area contributed by atoms with Crippen molar-refractivity contribution in [3.63, 3.8) is 0 Å². The molecule has 0 bridgehead atoms. The zero-order chi connectivity index (χ0) is 18.7. The summed E-state index contributed by atoms with van der Waals surface area (Å²) in [7, 11) is 0.873. The number of anilines is 1. The first-order valence-electron chi connectivity index (χ1n) is 8.49. The molecule has 0 aliphatic rings. The highest BCUT2D eigenvalue weighted by molar-refractivity contribution is 7.86. The third-order valence-corrected chi connectivity index (χ3v) is 5.23. The van der Waals surface area contributed by atoms with Crippen LogP contribution in [0.4, 0.5) is 5.69 Å². The molecule has 0 radical (unpaired) electrons. The van der Waals surface area contributed by atoms with E-state index in [9.17, 15) is 9.47 Å². The van der Waals surface area contributed by atoms with Gasteiger partial charge in [0.15, 0.2) is 0 Å². The summed E-state index contributed by atoms with van der Waals surface area (Å²) in [4.78, 5) is 0. The molecule has 0 amide bonds. The van der Waals surface area contributed by atoms with E-state index >= 15 is 0 Å². The second-order valence-corrected chi connectivity index (χ2v) is 7.29. The van der Waals surface area contributed by atoms with Crippen LogP contribution in [0.15, 0.2) is 42.5 Å². The van der Waals surface area contributed by atoms with Gasteiger partial charge in [-0.15, -0.1) is 0 Å². The van der Waals surface area contributed by atoms with Gasteiger partial charge in [-0.2, -0.15) is 5.26 Å². The van der Waals surface area contributed by atoms with Crippen LogP contribution in [0.2, 0.25) is 0 Å². The molecule has 0 fully saturated rings. The number of aromatic nitrogens is 1. The standard InChI is InChI=1S/C20H21N3O2S/c1-4-25-16-10-11-17-18(13-21)20(23(3)19(17)12-16)14-6-8-15(9-7-14)22-26(24)5-2/h6-12,22H,4-5H2,1-3H3. The fourth-order valence-electron chi connectivity index (χ4n) is 3.02. The van der Waals surface area contributed by atoms with Crippen molar-refractivity contribution in [1.29, 1.82) is 5.26 Å². The molecule has 1 heterocycles. The summed E-state index contributed by atoms with van der Waals surface area (Å²) in [6, 6.07) is 15.8. The molecule has 0 aliphatic heterocycles. The van der Waals surface area contributed by atoms with Gasteiger partial charge in [-0.25, -0.2) is 4.21 Å². The maximum atomic E-state index is 11.6. The van der Waals surface area contributed by atoms with Crippen LogP contribution in [0.3, 0.4) is 0 Å². The Morgan fingerprint density at radius 3 is 2.54 bits per heavy atom. The second kappa shape index (κ2) is 7.63. The molecule has 26 heavy (non-hydrogen) atoms. The Labute approximate surface area is 155 Å². The summed E-state index contributed by atoms with van der Waals surface area (Å²) in [6.45, 7) is 4.41. The highest BCUT2D eigenvalue weighted by Crippen LogP contribution is 2.34. The normalized spacial score (nSPS) is 11.9. The van der Waals surface area contributed by atoms with Crippen LogP contribution >= 0.6 is 0 Å². The predicted molar refractivity (Wildman–Crippen MR) is 107 cm³/mol. The summed E-state index contributed by atoms with van der Waals surface area (Å²) in [6.07, 6.45) is 0. The molecule has 0 saturated carbocycles. The fourth-order valence-corrected chi connectivity index (χ4v) is 3.57. The van der Waals surface area contributed by atoms with Gasteiger partial charge >= 0.3 is 0 Å². The molecular formula is C20H21N3O2S.